The summed E-state index contributed by atoms with van der Waals surface area (Å²) in [4.78, 5) is 9.22. The number of oxime groups is 1. The first-order valence-electron chi connectivity index (χ1n) is 4.82. The van der Waals surface area contributed by atoms with Crippen molar-refractivity contribution in [2.45, 2.75) is 9.92 Å². The molecule has 0 amide bonds. The molecule has 2 rings (SSSR count). The van der Waals surface area contributed by atoms with Crippen molar-refractivity contribution >= 4 is 17.6 Å². The fourth-order valence-corrected chi connectivity index (χ4v) is 1.91. The number of hydrogen-bond acceptors (Lipinski definition) is 5. The van der Waals surface area contributed by atoms with Gasteiger partial charge in [-0.3, -0.25) is 4.98 Å². The molecule has 2 aromatic rings. The highest BCUT2D eigenvalue weighted by molar-refractivity contribution is 7.99. The third-order valence-electron chi connectivity index (χ3n) is 1.97. The van der Waals surface area contributed by atoms with Crippen LogP contribution < -0.4 is 5.73 Å². The molecule has 5 nitrogen and oxygen atoms in total. The summed E-state index contributed by atoms with van der Waals surface area (Å²) < 4.78 is 0. The van der Waals surface area contributed by atoms with E-state index in [2.05, 4.69) is 15.1 Å². The van der Waals surface area contributed by atoms with Crippen LogP contribution in [0.4, 0.5) is 0 Å². The third kappa shape index (κ3) is 2.94. The lowest BCUT2D eigenvalue weighted by Gasteiger charge is -2.01. The molecule has 0 aromatic carbocycles. The number of rotatable bonds is 3. The maximum absolute atomic E-state index is 8.50. The maximum atomic E-state index is 8.50. The highest BCUT2D eigenvalue weighted by Crippen LogP contribution is 2.24. The number of hydrogen-bond donors (Lipinski definition) is 2. The van der Waals surface area contributed by atoms with Gasteiger partial charge in [0.05, 0.1) is 0 Å². The van der Waals surface area contributed by atoms with E-state index in [-0.39, 0.29) is 5.84 Å². The molecule has 0 aliphatic rings. The highest BCUT2D eigenvalue weighted by Gasteiger charge is 2.02. The van der Waals surface area contributed by atoms with Crippen molar-refractivity contribution in [3.05, 3.63) is 48.4 Å². The molecule has 3 N–H and O–H groups in total. The van der Waals surface area contributed by atoms with Gasteiger partial charge < -0.3 is 10.9 Å². The van der Waals surface area contributed by atoms with Gasteiger partial charge in [0, 0.05) is 17.3 Å². The predicted molar refractivity (Wildman–Crippen MR) is 65.1 cm³/mol. The van der Waals surface area contributed by atoms with E-state index in [4.69, 9.17) is 10.9 Å². The minimum absolute atomic E-state index is 0.000568. The second-order valence-electron chi connectivity index (χ2n) is 3.13. The van der Waals surface area contributed by atoms with Crippen molar-refractivity contribution < 1.29 is 5.21 Å². The van der Waals surface area contributed by atoms with Crippen LogP contribution in [0.5, 0.6) is 0 Å². The molecular formula is C11H10N4OS. The van der Waals surface area contributed by atoms with E-state index in [1.165, 1.54) is 11.8 Å². The molecule has 0 radical (unpaired) electrons. The minimum atomic E-state index is -0.000568. The Kier molecular flexibility index (Phi) is 3.56. The third-order valence-corrected chi connectivity index (χ3v) is 2.89. The lowest BCUT2D eigenvalue weighted by Crippen LogP contribution is -2.14. The summed E-state index contributed by atoms with van der Waals surface area (Å²) in [5.74, 6) is -0.000568. The molecule has 6 heteroatoms. The zero-order valence-corrected chi connectivity index (χ0v) is 9.63. The van der Waals surface area contributed by atoms with Gasteiger partial charge in [-0.25, -0.2) is 4.98 Å². The van der Waals surface area contributed by atoms with Gasteiger partial charge in [0.2, 0.25) is 0 Å². The standard InChI is InChI=1S/C11H10N4OS/c12-11(15-16)9-5-4-8(7-14-9)17-10-3-1-2-6-13-10/h1-7,16H,(H2,12,15). The van der Waals surface area contributed by atoms with E-state index < -0.39 is 0 Å². The summed E-state index contributed by atoms with van der Waals surface area (Å²) in [6.07, 6.45) is 3.40. The van der Waals surface area contributed by atoms with Crippen molar-refractivity contribution in [2.24, 2.45) is 10.9 Å². The lowest BCUT2D eigenvalue weighted by molar-refractivity contribution is 0.318. The van der Waals surface area contributed by atoms with Crippen LogP contribution in [0, 0.1) is 0 Å². The number of nitrogens with zero attached hydrogens (tertiary/aromatic N) is 3. The van der Waals surface area contributed by atoms with Gasteiger partial charge in [0.1, 0.15) is 10.7 Å². The fraction of sp³-hybridized carbons (Fsp3) is 0. The van der Waals surface area contributed by atoms with E-state index >= 15 is 0 Å². The first-order chi connectivity index (χ1) is 8.29. The van der Waals surface area contributed by atoms with Crippen molar-refractivity contribution in [3.8, 4) is 0 Å². The molecule has 0 saturated heterocycles. The summed E-state index contributed by atoms with van der Waals surface area (Å²) in [5, 5.41) is 12.3. The molecule has 0 bridgehead atoms. The maximum Gasteiger partial charge on any atom is 0.188 e. The van der Waals surface area contributed by atoms with Crippen LogP contribution in [0.3, 0.4) is 0 Å². The Labute approximate surface area is 102 Å². The monoisotopic (exact) mass is 246 g/mol. The Balaban J connectivity index is 2.14. The Hall–Kier alpha value is -2.08. The molecule has 0 fully saturated rings. The van der Waals surface area contributed by atoms with Crippen molar-refractivity contribution in [1.29, 1.82) is 0 Å². The summed E-state index contributed by atoms with van der Waals surface area (Å²) in [6.45, 7) is 0. The molecule has 0 aliphatic carbocycles. The Morgan fingerprint density at radius 2 is 2.12 bits per heavy atom. The van der Waals surface area contributed by atoms with Crippen LogP contribution in [-0.2, 0) is 0 Å². The zero-order valence-electron chi connectivity index (χ0n) is 8.82. The van der Waals surface area contributed by atoms with Crippen LogP contribution >= 0.6 is 11.8 Å². The largest absolute Gasteiger partial charge is 0.409 e. The van der Waals surface area contributed by atoms with Crippen LogP contribution in [0.2, 0.25) is 0 Å². The van der Waals surface area contributed by atoms with E-state index in [0.29, 0.717) is 5.69 Å². The van der Waals surface area contributed by atoms with Gasteiger partial charge in [-0.2, -0.15) is 0 Å². The van der Waals surface area contributed by atoms with Gasteiger partial charge in [-0.05, 0) is 24.3 Å². The molecule has 86 valence electrons. The molecule has 17 heavy (non-hydrogen) atoms. The van der Waals surface area contributed by atoms with E-state index in [0.717, 1.165) is 9.92 Å². The van der Waals surface area contributed by atoms with Crippen LogP contribution in [0.1, 0.15) is 5.69 Å². The quantitative estimate of drug-likeness (QED) is 0.373. The van der Waals surface area contributed by atoms with E-state index in [9.17, 15) is 0 Å². The molecule has 0 saturated carbocycles. The summed E-state index contributed by atoms with van der Waals surface area (Å²) in [7, 11) is 0. The van der Waals surface area contributed by atoms with Gasteiger partial charge in [0.15, 0.2) is 5.84 Å². The molecule has 0 spiro atoms. The molecule has 0 aliphatic heterocycles. The van der Waals surface area contributed by atoms with Crippen LogP contribution in [0.15, 0.2) is 57.8 Å². The number of pyridine rings is 2. The molecule has 2 heterocycles. The molecule has 0 unspecified atom stereocenters. The summed E-state index contributed by atoms with van der Waals surface area (Å²) in [6, 6.07) is 9.25. The minimum Gasteiger partial charge on any atom is -0.409 e. The predicted octanol–water partition coefficient (Wildman–Crippen LogP) is 1.72. The second kappa shape index (κ2) is 5.31. The first kappa shape index (κ1) is 11.4. The molecular weight excluding hydrogens is 236 g/mol. The topological polar surface area (TPSA) is 84.4 Å². The smallest absolute Gasteiger partial charge is 0.188 e. The lowest BCUT2D eigenvalue weighted by atomic mass is 10.3. The van der Waals surface area contributed by atoms with Gasteiger partial charge in [0.25, 0.3) is 0 Å². The average Bonchev–Trinajstić information content (AvgIpc) is 2.40. The molecule has 2 aromatic heterocycles. The Morgan fingerprint density at radius 3 is 2.71 bits per heavy atom. The first-order valence-corrected chi connectivity index (χ1v) is 5.64. The summed E-state index contributed by atoms with van der Waals surface area (Å²) >= 11 is 1.50. The Bertz CT molecular complexity index is 513. The number of amidine groups is 1. The summed E-state index contributed by atoms with van der Waals surface area (Å²) in [5.41, 5.74) is 5.86. The highest BCUT2D eigenvalue weighted by atomic mass is 32.2. The second-order valence-corrected chi connectivity index (χ2v) is 4.23. The van der Waals surface area contributed by atoms with Crippen molar-refractivity contribution in [1.82, 2.24) is 9.97 Å². The van der Waals surface area contributed by atoms with Gasteiger partial charge in [-0.1, -0.05) is 23.0 Å². The molecule has 0 atom stereocenters. The zero-order chi connectivity index (χ0) is 12.1. The van der Waals surface area contributed by atoms with E-state index in [1.54, 1.807) is 18.5 Å². The normalized spacial score (nSPS) is 11.4. The van der Waals surface area contributed by atoms with Crippen molar-refractivity contribution in [3.63, 3.8) is 0 Å². The van der Waals surface area contributed by atoms with Gasteiger partial charge in [-0.15, -0.1) is 0 Å². The van der Waals surface area contributed by atoms with Gasteiger partial charge >= 0.3 is 0 Å². The van der Waals surface area contributed by atoms with E-state index in [1.807, 2.05) is 24.3 Å². The Morgan fingerprint density at radius 1 is 1.24 bits per heavy atom. The van der Waals surface area contributed by atoms with Crippen LogP contribution in [-0.4, -0.2) is 21.0 Å². The average molecular weight is 246 g/mol. The fourth-order valence-electron chi connectivity index (χ4n) is 1.17. The SMILES string of the molecule is N/C(=N/O)c1ccc(Sc2ccccn2)cn1. The number of nitrogens with two attached hydrogens (primary N) is 1. The van der Waals surface area contributed by atoms with Crippen molar-refractivity contribution in [2.75, 3.05) is 0 Å². The van der Waals surface area contributed by atoms with Crippen LogP contribution in [0.25, 0.3) is 0 Å². The number of aromatic nitrogens is 2.